The highest BCUT2D eigenvalue weighted by Gasteiger charge is 2.19. The van der Waals surface area contributed by atoms with Crippen LogP contribution in [0, 0.1) is 6.92 Å². The lowest BCUT2D eigenvalue weighted by Crippen LogP contribution is -2.15. The first-order chi connectivity index (χ1) is 9.85. The molecule has 0 aliphatic rings. The Bertz CT molecular complexity index is 773. The van der Waals surface area contributed by atoms with Crippen molar-refractivity contribution in [1.29, 1.82) is 0 Å². The number of aryl methyl sites for hydroxylation is 2. The molecule has 0 saturated heterocycles. The van der Waals surface area contributed by atoms with E-state index in [4.69, 9.17) is 0 Å². The second kappa shape index (κ2) is 6.50. The summed E-state index contributed by atoms with van der Waals surface area (Å²) < 4.78 is 29.2. The summed E-state index contributed by atoms with van der Waals surface area (Å²) in [7, 11) is -3.63. The van der Waals surface area contributed by atoms with Crippen LogP contribution in [0.25, 0.3) is 0 Å². The van der Waals surface area contributed by atoms with E-state index in [0.717, 1.165) is 22.0 Å². The molecule has 112 valence electrons. The molecule has 0 bridgehead atoms. The van der Waals surface area contributed by atoms with Crippen molar-refractivity contribution in [3.05, 3.63) is 56.5 Å². The maximum absolute atomic E-state index is 12.6. The summed E-state index contributed by atoms with van der Waals surface area (Å²) in [6, 6.07) is 10.8. The van der Waals surface area contributed by atoms with Crippen LogP contribution >= 0.6 is 31.9 Å². The van der Waals surface area contributed by atoms with Gasteiger partial charge in [0.1, 0.15) is 4.90 Å². The van der Waals surface area contributed by atoms with Crippen LogP contribution < -0.4 is 4.72 Å². The number of benzene rings is 2. The summed E-state index contributed by atoms with van der Waals surface area (Å²) in [5.74, 6) is 0. The van der Waals surface area contributed by atoms with E-state index in [9.17, 15) is 8.42 Å². The highest BCUT2D eigenvalue weighted by Crippen LogP contribution is 2.29. The number of hydrogen-bond donors (Lipinski definition) is 1. The summed E-state index contributed by atoms with van der Waals surface area (Å²) >= 11 is 6.62. The molecular weight excluding hydrogens is 418 g/mol. The monoisotopic (exact) mass is 431 g/mol. The lowest BCUT2D eigenvalue weighted by atomic mass is 10.1. The summed E-state index contributed by atoms with van der Waals surface area (Å²) in [5.41, 5.74) is 2.55. The molecule has 0 aliphatic carbocycles. The van der Waals surface area contributed by atoms with Gasteiger partial charge in [0.25, 0.3) is 10.0 Å². The van der Waals surface area contributed by atoms with Gasteiger partial charge < -0.3 is 0 Å². The number of rotatable bonds is 4. The first-order valence-corrected chi connectivity index (χ1v) is 9.48. The van der Waals surface area contributed by atoms with Crippen LogP contribution in [-0.2, 0) is 16.4 Å². The number of sulfonamides is 1. The molecule has 0 amide bonds. The quantitative estimate of drug-likeness (QED) is 0.747. The average molecular weight is 433 g/mol. The standard InChI is InChI=1S/C15H15Br2NO2S/c1-3-11-6-4-5-10(2)15(11)18-21(19,20)14-8-7-12(16)9-13(14)17/h4-9,18H,3H2,1-2H3. The van der Waals surface area contributed by atoms with E-state index in [1.54, 1.807) is 18.2 Å². The number of para-hydroxylation sites is 1. The third kappa shape index (κ3) is 3.67. The van der Waals surface area contributed by atoms with Crippen molar-refractivity contribution in [3.8, 4) is 0 Å². The number of hydrogen-bond acceptors (Lipinski definition) is 2. The van der Waals surface area contributed by atoms with Gasteiger partial charge in [-0.2, -0.15) is 0 Å². The maximum atomic E-state index is 12.6. The van der Waals surface area contributed by atoms with Crippen molar-refractivity contribution in [3.63, 3.8) is 0 Å². The van der Waals surface area contributed by atoms with Gasteiger partial charge in [0, 0.05) is 8.95 Å². The minimum absolute atomic E-state index is 0.219. The number of nitrogens with one attached hydrogen (secondary N) is 1. The highest BCUT2D eigenvalue weighted by molar-refractivity contribution is 9.11. The van der Waals surface area contributed by atoms with Gasteiger partial charge in [0.05, 0.1) is 5.69 Å². The number of halogens is 2. The molecule has 0 heterocycles. The van der Waals surface area contributed by atoms with Gasteiger partial charge in [-0.15, -0.1) is 0 Å². The van der Waals surface area contributed by atoms with E-state index in [-0.39, 0.29) is 4.90 Å². The molecule has 2 aromatic carbocycles. The van der Waals surface area contributed by atoms with Gasteiger partial charge in [-0.3, -0.25) is 4.72 Å². The first-order valence-electron chi connectivity index (χ1n) is 6.41. The summed E-state index contributed by atoms with van der Waals surface area (Å²) in [6.45, 7) is 3.90. The van der Waals surface area contributed by atoms with Crippen LogP contribution in [0.2, 0.25) is 0 Å². The highest BCUT2D eigenvalue weighted by atomic mass is 79.9. The molecule has 0 aliphatic heterocycles. The van der Waals surface area contributed by atoms with Gasteiger partial charge >= 0.3 is 0 Å². The lowest BCUT2D eigenvalue weighted by Gasteiger charge is -2.15. The second-order valence-electron chi connectivity index (χ2n) is 4.64. The topological polar surface area (TPSA) is 46.2 Å². The van der Waals surface area contributed by atoms with E-state index in [1.807, 2.05) is 32.0 Å². The molecule has 0 atom stereocenters. The van der Waals surface area contributed by atoms with E-state index in [0.29, 0.717) is 10.2 Å². The first kappa shape index (κ1) is 16.5. The van der Waals surface area contributed by atoms with Crippen molar-refractivity contribution in [2.45, 2.75) is 25.2 Å². The van der Waals surface area contributed by atoms with Crippen LogP contribution in [0.3, 0.4) is 0 Å². The van der Waals surface area contributed by atoms with Gasteiger partial charge in [0.2, 0.25) is 0 Å². The zero-order valence-corrected chi connectivity index (χ0v) is 15.6. The molecule has 3 nitrogen and oxygen atoms in total. The Morgan fingerprint density at radius 1 is 1.14 bits per heavy atom. The molecule has 0 unspecified atom stereocenters. The van der Waals surface area contributed by atoms with Crippen molar-refractivity contribution < 1.29 is 8.42 Å². The smallest absolute Gasteiger partial charge is 0.263 e. The van der Waals surface area contributed by atoms with Gasteiger partial charge in [-0.25, -0.2) is 8.42 Å². The van der Waals surface area contributed by atoms with Gasteiger partial charge in [-0.05, 0) is 58.6 Å². The predicted molar refractivity (Wildman–Crippen MR) is 93.2 cm³/mol. The molecule has 2 aromatic rings. The molecule has 0 aromatic heterocycles. The Labute approximate surface area is 142 Å². The normalized spacial score (nSPS) is 11.4. The molecule has 21 heavy (non-hydrogen) atoms. The van der Waals surface area contributed by atoms with E-state index < -0.39 is 10.0 Å². The Morgan fingerprint density at radius 3 is 2.48 bits per heavy atom. The molecule has 1 N–H and O–H groups in total. The van der Waals surface area contributed by atoms with Crippen molar-refractivity contribution >= 4 is 47.6 Å². The van der Waals surface area contributed by atoms with E-state index >= 15 is 0 Å². The molecule has 2 rings (SSSR count). The minimum atomic E-state index is -3.63. The fourth-order valence-electron chi connectivity index (χ4n) is 2.05. The summed E-state index contributed by atoms with van der Waals surface area (Å²) in [4.78, 5) is 0.219. The fourth-order valence-corrected chi connectivity index (χ4v) is 4.97. The Morgan fingerprint density at radius 2 is 1.86 bits per heavy atom. The van der Waals surface area contributed by atoms with Crippen LogP contribution in [0.1, 0.15) is 18.1 Å². The maximum Gasteiger partial charge on any atom is 0.263 e. The third-order valence-corrected chi connectivity index (χ3v) is 5.98. The fraction of sp³-hybridized carbons (Fsp3) is 0.200. The van der Waals surface area contributed by atoms with Crippen molar-refractivity contribution in [2.75, 3.05) is 4.72 Å². The lowest BCUT2D eigenvalue weighted by molar-refractivity contribution is 0.600. The number of anilines is 1. The van der Waals surface area contributed by atoms with Crippen LogP contribution in [0.5, 0.6) is 0 Å². The molecule has 0 fully saturated rings. The van der Waals surface area contributed by atoms with Gasteiger partial charge in [-0.1, -0.05) is 41.1 Å². The second-order valence-corrected chi connectivity index (χ2v) is 8.06. The van der Waals surface area contributed by atoms with Crippen molar-refractivity contribution in [1.82, 2.24) is 0 Å². The minimum Gasteiger partial charge on any atom is -0.279 e. The van der Waals surface area contributed by atoms with Gasteiger partial charge in [0.15, 0.2) is 0 Å². The van der Waals surface area contributed by atoms with Crippen LogP contribution in [-0.4, -0.2) is 8.42 Å². The Kier molecular flexibility index (Phi) is 5.11. The molecule has 6 heteroatoms. The molecule has 0 spiro atoms. The average Bonchev–Trinajstić information content (AvgIpc) is 2.40. The predicted octanol–water partition coefficient (Wildman–Crippen LogP) is 4.88. The zero-order valence-electron chi connectivity index (χ0n) is 11.7. The van der Waals surface area contributed by atoms with Crippen molar-refractivity contribution in [2.24, 2.45) is 0 Å². The molecule has 0 radical (unpaired) electrons. The molecule has 0 saturated carbocycles. The third-order valence-electron chi connectivity index (χ3n) is 3.16. The van der Waals surface area contributed by atoms with Crippen LogP contribution in [0.4, 0.5) is 5.69 Å². The zero-order chi connectivity index (χ0) is 15.6. The van der Waals surface area contributed by atoms with E-state index in [1.165, 1.54) is 0 Å². The van der Waals surface area contributed by atoms with Crippen LogP contribution in [0.15, 0.2) is 50.2 Å². The summed E-state index contributed by atoms with van der Waals surface area (Å²) in [6.07, 6.45) is 0.765. The Hall–Kier alpha value is -0.850. The molecular formula is C15H15Br2NO2S. The largest absolute Gasteiger partial charge is 0.279 e. The summed E-state index contributed by atoms with van der Waals surface area (Å²) in [5, 5.41) is 0. The Balaban J connectivity index is 2.47. The van der Waals surface area contributed by atoms with E-state index in [2.05, 4.69) is 36.6 Å². The SMILES string of the molecule is CCc1cccc(C)c1NS(=O)(=O)c1ccc(Br)cc1Br.